The molecule has 1 aromatic carbocycles. The zero-order chi connectivity index (χ0) is 10.7. The zero-order valence-electron chi connectivity index (χ0n) is 8.60. The molecule has 15 heavy (non-hydrogen) atoms. The van der Waals surface area contributed by atoms with Gasteiger partial charge in [0.2, 0.25) is 0 Å². The number of benzene rings is 1. The van der Waals surface area contributed by atoms with E-state index in [2.05, 4.69) is 33.4 Å². The molecule has 2 rings (SSSR count). The number of halogens is 2. The molecule has 0 aliphatic carbocycles. The normalized spacial score (nSPS) is 18.0. The van der Waals surface area contributed by atoms with Crippen molar-refractivity contribution in [1.82, 2.24) is 5.32 Å². The van der Waals surface area contributed by atoms with E-state index in [9.17, 15) is 0 Å². The summed E-state index contributed by atoms with van der Waals surface area (Å²) in [4.78, 5) is 0. The monoisotopic (exact) mass is 287 g/mol. The highest BCUT2D eigenvalue weighted by Crippen LogP contribution is 2.26. The summed E-state index contributed by atoms with van der Waals surface area (Å²) in [6.45, 7) is 2.33. The molecule has 0 radical (unpaired) electrons. The first kappa shape index (κ1) is 11.4. The average Bonchev–Trinajstić information content (AvgIpc) is 2.25. The summed E-state index contributed by atoms with van der Waals surface area (Å²) < 4.78 is 1.01. The third-order valence-electron chi connectivity index (χ3n) is 2.97. The maximum atomic E-state index is 5.97. The van der Waals surface area contributed by atoms with Gasteiger partial charge < -0.3 is 5.32 Å². The van der Waals surface area contributed by atoms with Gasteiger partial charge in [-0.2, -0.15) is 0 Å². The molecule has 0 aromatic heterocycles. The topological polar surface area (TPSA) is 12.0 Å². The van der Waals surface area contributed by atoms with Crippen molar-refractivity contribution in [2.45, 2.75) is 19.3 Å². The van der Waals surface area contributed by atoms with Gasteiger partial charge in [-0.15, -0.1) is 0 Å². The summed E-state index contributed by atoms with van der Waals surface area (Å²) in [6, 6.07) is 6.25. The van der Waals surface area contributed by atoms with Crippen LogP contribution in [0.5, 0.6) is 0 Å². The Hall–Kier alpha value is -0.0500. The standard InChI is InChI=1S/C12H15BrClN/c13-11-8-10(1-2-12(11)14)7-9-3-5-15-6-4-9/h1-2,8-9,15H,3-7H2. The Morgan fingerprint density at radius 3 is 2.73 bits per heavy atom. The number of piperidine rings is 1. The molecule has 1 aliphatic heterocycles. The number of hydrogen-bond donors (Lipinski definition) is 1. The fourth-order valence-electron chi connectivity index (χ4n) is 2.09. The van der Waals surface area contributed by atoms with Crippen molar-refractivity contribution in [2.24, 2.45) is 5.92 Å². The smallest absolute Gasteiger partial charge is 0.0548 e. The predicted molar refractivity (Wildman–Crippen MR) is 68.4 cm³/mol. The molecule has 0 spiro atoms. The molecule has 3 heteroatoms. The largest absolute Gasteiger partial charge is 0.317 e. The lowest BCUT2D eigenvalue weighted by atomic mass is 9.91. The zero-order valence-corrected chi connectivity index (χ0v) is 10.9. The van der Waals surface area contributed by atoms with Crippen molar-refractivity contribution in [1.29, 1.82) is 0 Å². The van der Waals surface area contributed by atoms with E-state index in [-0.39, 0.29) is 0 Å². The molecule has 1 saturated heterocycles. The second-order valence-corrected chi connectivity index (χ2v) is 5.41. The van der Waals surface area contributed by atoms with Crippen LogP contribution in [0.2, 0.25) is 5.02 Å². The second-order valence-electron chi connectivity index (χ2n) is 4.15. The Morgan fingerprint density at radius 1 is 1.33 bits per heavy atom. The lowest BCUT2D eigenvalue weighted by Crippen LogP contribution is -2.28. The van der Waals surface area contributed by atoms with Crippen LogP contribution in [-0.2, 0) is 6.42 Å². The molecule has 1 aromatic rings. The Morgan fingerprint density at radius 2 is 2.07 bits per heavy atom. The lowest BCUT2D eigenvalue weighted by Gasteiger charge is -2.22. The van der Waals surface area contributed by atoms with Crippen molar-refractivity contribution in [3.8, 4) is 0 Å². The molecule has 0 amide bonds. The van der Waals surface area contributed by atoms with E-state index >= 15 is 0 Å². The van der Waals surface area contributed by atoms with Gasteiger partial charge in [0, 0.05) is 4.47 Å². The minimum Gasteiger partial charge on any atom is -0.317 e. The van der Waals surface area contributed by atoms with Crippen LogP contribution in [0.1, 0.15) is 18.4 Å². The van der Waals surface area contributed by atoms with E-state index in [0.29, 0.717) is 0 Å². The van der Waals surface area contributed by atoms with Crippen LogP contribution in [-0.4, -0.2) is 13.1 Å². The Balaban J connectivity index is 2.00. The van der Waals surface area contributed by atoms with Crippen molar-refractivity contribution in [3.63, 3.8) is 0 Å². The van der Waals surface area contributed by atoms with Crippen molar-refractivity contribution >= 4 is 27.5 Å². The van der Waals surface area contributed by atoms with E-state index in [1.54, 1.807) is 0 Å². The van der Waals surface area contributed by atoms with Gasteiger partial charge in [-0.05, 0) is 71.9 Å². The van der Waals surface area contributed by atoms with Crippen LogP contribution in [0.4, 0.5) is 0 Å². The minimum atomic E-state index is 0.795. The summed E-state index contributed by atoms with van der Waals surface area (Å²) >= 11 is 9.43. The Bertz CT molecular complexity index is 334. The first-order valence-corrected chi connectivity index (χ1v) is 6.57. The highest BCUT2D eigenvalue weighted by Gasteiger charge is 2.13. The first-order chi connectivity index (χ1) is 7.25. The van der Waals surface area contributed by atoms with Crippen LogP contribution >= 0.6 is 27.5 Å². The molecule has 1 fully saturated rings. The van der Waals surface area contributed by atoms with E-state index in [0.717, 1.165) is 15.4 Å². The molecule has 0 atom stereocenters. The molecule has 1 aliphatic rings. The molecule has 0 saturated carbocycles. The molecule has 1 nitrogen and oxygen atoms in total. The highest BCUT2D eigenvalue weighted by molar-refractivity contribution is 9.10. The van der Waals surface area contributed by atoms with Crippen LogP contribution in [0.3, 0.4) is 0 Å². The highest BCUT2D eigenvalue weighted by atomic mass is 79.9. The van der Waals surface area contributed by atoms with Crippen LogP contribution in [0.25, 0.3) is 0 Å². The summed E-state index contributed by atoms with van der Waals surface area (Å²) in [5, 5.41) is 4.19. The van der Waals surface area contributed by atoms with Gasteiger partial charge >= 0.3 is 0 Å². The third kappa shape index (κ3) is 3.20. The van der Waals surface area contributed by atoms with E-state index in [1.165, 1.54) is 37.9 Å². The molecule has 1 heterocycles. The minimum absolute atomic E-state index is 0.795. The third-order valence-corrected chi connectivity index (χ3v) is 4.18. The number of nitrogens with one attached hydrogen (secondary N) is 1. The van der Waals surface area contributed by atoms with E-state index in [1.807, 2.05) is 6.07 Å². The number of rotatable bonds is 2. The Kier molecular flexibility index (Phi) is 4.06. The lowest BCUT2D eigenvalue weighted by molar-refractivity contribution is 0.372. The van der Waals surface area contributed by atoms with Crippen molar-refractivity contribution in [2.75, 3.05) is 13.1 Å². The summed E-state index contributed by atoms with van der Waals surface area (Å²) in [5.74, 6) is 0.833. The van der Waals surface area contributed by atoms with Crippen LogP contribution in [0, 0.1) is 5.92 Å². The molecule has 0 unspecified atom stereocenters. The summed E-state index contributed by atoms with van der Waals surface area (Å²) in [6.07, 6.45) is 3.76. The van der Waals surface area contributed by atoms with Gasteiger partial charge in [0.1, 0.15) is 0 Å². The van der Waals surface area contributed by atoms with Gasteiger partial charge in [0.05, 0.1) is 5.02 Å². The maximum absolute atomic E-state index is 5.97. The Labute approximate surface area is 104 Å². The second kappa shape index (κ2) is 5.33. The van der Waals surface area contributed by atoms with Gasteiger partial charge in [0.15, 0.2) is 0 Å². The fourth-order valence-corrected chi connectivity index (χ4v) is 2.63. The molecule has 0 bridgehead atoms. The molecular formula is C12H15BrClN. The van der Waals surface area contributed by atoms with E-state index in [4.69, 9.17) is 11.6 Å². The van der Waals surface area contributed by atoms with E-state index < -0.39 is 0 Å². The predicted octanol–water partition coefficient (Wildman–Crippen LogP) is 3.64. The molecule has 1 N–H and O–H groups in total. The van der Waals surface area contributed by atoms with Crippen molar-refractivity contribution < 1.29 is 0 Å². The van der Waals surface area contributed by atoms with Gasteiger partial charge in [0.25, 0.3) is 0 Å². The quantitative estimate of drug-likeness (QED) is 0.876. The van der Waals surface area contributed by atoms with Crippen LogP contribution in [0.15, 0.2) is 22.7 Å². The van der Waals surface area contributed by atoms with Gasteiger partial charge in [-0.25, -0.2) is 0 Å². The molecule has 82 valence electrons. The van der Waals surface area contributed by atoms with Crippen molar-refractivity contribution in [3.05, 3.63) is 33.3 Å². The average molecular weight is 289 g/mol. The maximum Gasteiger partial charge on any atom is 0.0548 e. The van der Waals surface area contributed by atoms with Gasteiger partial charge in [-0.1, -0.05) is 17.7 Å². The van der Waals surface area contributed by atoms with Gasteiger partial charge in [-0.3, -0.25) is 0 Å². The first-order valence-electron chi connectivity index (χ1n) is 5.40. The van der Waals surface area contributed by atoms with Crippen LogP contribution < -0.4 is 5.32 Å². The number of hydrogen-bond acceptors (Lipinski definition) is 1. The molecular weight excluding hydrogens is 273 g/mol. The fraction of sp³-hybridized carbons (Fsp3) is 0.500. The summed E-state index contributed by atoms with van der Waals surface area (Å²) in [5.41, 5.74) is 1.39. The SMILES string of the molecule is Clc1ccc(CC2CCNCC2)cc1Br. The summed E-state index contributed by atoms with van der Waals surface area (Å²) in [7, 11) is 0.